The van der Waals surface area contributed by atoms with E-state index in [0.29, 0.717) is 5.17 Å². The van der Waals surface area contributed by atoms with Gasteiger partial charge < -0.3 is 10.2 Å². The van der Waals surface area contributed by atoms with Crippen molar-refractivity contribution in [2.24, 2.45) is 4.99 Å². The highest BCUT2D eigenvalue weighted by Gasteiger charge is 2.12. The number of amides is 1. The molecule has 0 saturated heterocycles. The third-order valence-corrected chi connectivity index (χ3v) is 2.42. The van der Waals surface area contributed by atoms with Crippen LogP contribution in [0.4, 0.5) is 0 Å². The van der Waals surface area contributed by atoms with Gasteiger partial charge in [-0.05, 0) is 12.7 Å². The van der Waals surface area contributed by atoms with Crippen molar-refractivity contribution >= 4 is 22.8 Å². The Balaban J connectivity index is 4.56. The molecule has 0 radical (unpaired) electrons. The van der Waals surface area contributed by atoms with E-state index in [9.17, 15) is 4.79 Å². The first-order chi connectivity index (χ1) is 7.19. The van der Waals surface area contributed by atoms with E-state index in [1.807, 2.05) is 13.2 Å². The quantitative estimate of drug-likeness (QED) is 0.435. The number of hydrogen-bond donors (Lipinski definition) is 1. The van der Waals surface area contributed by atoms with Gasteiger partial charge in [0.05, 0.1) is 6.54 Å². The van der Waals surface area contributed by atoms with Crippen LogP contribution in [0, 0.1) is 11.5 Å². The number of amidine groups is 1. The van der Waals surface area contributed by atoms with Gasteiger partial charge in [-0.2, -0.15) is 5.26 Å². The third kappa shape index (κ3) is 5.27. The molecule has 5 nitrogen and oxygen atoms in total. The SMILES string of the molecule is CCCN(CC(=O)NC)C(=NC#N)SC. The van der Waals surface area contributed by atoms with E-state index >= 15 is 0 Å². The van der Waals surface area contributed by atoms with E-state index < -0.39 is 0 Å². The van der Waals surface area contributed by atoms with Crippen LogP contribution in [0.2, 0.25) is 0 Å². The number of carbonyl (C=O) groups excluding carboxylic acids is 1. The summed E-state index contributed by atoms with van der Waals surface area (Å²) in [5.41, 5.74) is 0. The molecule has 0 heterocycles. The van der Waals surface area contributed by atoms with Crippen LogP contribution in [0.5, 0.6) is 0 Å². The Labute approximate surface area is 94.5 Å². The lowest BCUT2D eigenvalue weighted by molar-refractivity contribution is -0.120. The number of carbonyl (C=O) groups is 1. The summed E-state index contributed by atoms with van der Waals surface area (Å²) in [6.45, 7) is 2.97. The van der Waals surface area contributed by atoms with E-state index in [1.165, 1.54) is 11.8 Å². The molecule has 15 heavy (non-hydrogen) atoms. The van der Waals surface area contributed by atoms with Crippen molar-refractivity contribution in [2.45, 2.75) is 13.3 Å². The first-order valence-electron chi connectivity index (χ1n) is 4.65. The Morgan fingerprint density at radius 3 is 2.73 bits per heavy atom. The van der Waals surface area contributed by atoms with Crippen molar-refractivity contribution in [2.75, 3.05) is 26.4 Å². The first-order valence-corrected chi connectivity index (χ1v) is 5.88. The fourth-order valence-corrected chi connectivity index (χ4v) is 1.60. The maximum atomic E-state index is 11.2. The van der Waals surface area contributed by atoms with Crippen molar-refractivity contribution < 1.29 is 4.79 Å². The third-order valence-electron chi connectivity index (χ3n) is 1.71. The topological polar surface area (TPSA) is 68.5 Å². The molecule has 0 aliphatic carbocycles. The van der Waals surface area contributed by atoms with Crippen LogP contribution in [-0.4, -0.2) is 42.4 Å². The minimum atomic E-state index is -0.0804. The van der Waals surface area contributed by atoms with E-state index in [0.717, 1.165) is 13.0 Å². The lowest BCUT2D eigenvalue weighted by Gasteiger charge is -2.22. The smallest absolute Gasteiger partial charge is 0.239 e. The molecule has 1 N–H and O–H groups in total. The highest BCUT2D eigenvalue weighted by Crippen LogP contribution is 2.05. The molecule has 0 rings (SSSR count). The summed E-state index contributed by atoms with van der Waals surface area (Å²) in [5, 5.41) is 11.6. The maximum Gasteiger partial charge on any atom is 0.239 e. The Morgan fingerprint density at radius 2 is 2.33 bits per heavy atom. The zero-order chi connectivity index (χ0) is 11.7. The molecule has 6 heteroatoms. The molecule has 0 aliphatic heterocycles. The van der Waals surface area contributed by atoms with Crippen molar-refractivity contribution in [1.29, 1.82) is 5.26 Å². The number of hydrogen-bond acceptors (Lipinski definition) is 4. The zero-order valence-corrected chi connectivity index (χ0v) is 10.1. The molecule has 0 spiro atoms. The fourth-order valence-electron chi connectivity index (χ4n) is 1.05. The van der Waals surface area contributed by atoms with Crippen LogP contribution in [0.1, 0.15) is 13.3 Å². The predicted octanol–water partition coefficient (Wildman–Crippen LogP) is 0.644. The summed E-state index contributed by atoms with van der Waals surface area (Å²) < 4.78 is 0. The Bertz CT molecular complexity index is 272. The summed E-state index contributed by atoms with van der Waals surface area (Å²) >= 11 is 1.37. The number of nitrogens with one attached hydrogen (secondary N) is 1. The number of aliphatic imine (C=N–C) groups is 1. The molecule has 0 saturated carbocycles. The molecule has 0 bridgehead atoms. The van der Waals surface area contributed by atoms with Crippen LogP contribution >= 0.6 is 11.8 Å². The zero-order valence-electron chi connectivity index (χ0n) is 9.28. The van der Waals surface area contributed by atoms with Crippen LogP contribution in [0.15, 0.2) is 4.99 Å². The molecule has 0 aliphatic rings. The lowest BCUT2D eigenvalue weighted by atomic mass is 10.4. The average molecular weight is 228 g/mol. The van der Waals surface area contributed by atoms with Gasteiger partial charge in [0, 0.05) is 13.6 Å². The van der Waals surface area contributed by atoms with Crippen LogP contribution < -0.4 is 5.32 Å². The molecule has 0 aromatic carbocycles. The molecule has 0 fully saturated rings. The Hall–Kier alpha value is -1.22. The van der Waals surface area contributed by atoms with Gasteiger partial charge in [0.2, 0.25) is 12.1 Å². The number of nitrogens with zero attached hydrogens (tertiary/aromatic N) is 3. The number of nitriles is 1. The predicted molar refractivity (Wildman–Crippen MR) is 62.5 cm³/mol. The molecule has 1 amide bonds. The summed E-state index contributed by atoms with van der Waals surface area (Å²) in [7, 11) is 1.59. The lowest BCUT2D eigenvalue weighted by Crippen LogP contribution is -2.38. The number of rotatable bonds is 4. The van der Waals surface area contributed by atoms with E-state index in [1.54, 1.807) is 18.1 Å². The second-order valence-corrected chi connectivity index (χ2v) is 3.57. The van der Waals surface area contributed by atoms with E-state index in [-0.39, 0.29) is 12.5 Å². The summed E-state index contributed by atoms with van der Waals surface area (Å²) in [6.07, 6.45) is 4.48. The first kappa shape index (κ1) is 13.8. The second-order valence-electron chi connectivity index (χ2n) is 2.79. The molecule has 0 unspecified atom stereocenters. The van der Waals surface area contributed by atoms with Crippen molar-refractivity contribution in [1.82, 2.24) is 10.2 Å². The normalized spacial score (nSPS) is 10.7. The van der Waals surface area contributed by atoms with Crippen molar-refractivity contribution in [3.05, 3.63) is 0 Å². The van der Waals surface area contributed by atoms with Crippen LogP contribution in [0.3, 0.4) is 0 Å². The maximum absolute atomic E-state index is 11.2. The van der Waals surface area contributed by atoms with Crippen LogP contribution in [0.25, 0.3) is 0 Å². The Morgan fingerprint density at radius 1 is 1.67 bits per heavy atom. The van der Waals surface area contributed by atoms with Crippen molar-refractivity contribution in [3.8, 4) is 6.19 Å². The number of likely N-dealkylation sites (N-methyl/N-ethyl adjacent to an activating group) is 1. The minimum absolute atomic E-state index is 0.0804. The fraction of sp³-hybridized carbons (Fsp3) is 0.667. The number of thioether (sulfide) groups is 1. The molecule has 0 atom stereocenters. The summed E-state index contributed by atoms with van der Waals surface area (Å²) in [4.78, 5) is 16.7. The average Bonchev–Trinajstić information content (AvgIpc) is 2.25. The molecule has 0 aromatic heterocycles. The monoisotopic (exact) mass is 228 g/mol. The summed E-state index contributed by atoms with van der Waals surface area (Å²) in [6, 6.07) is 0. The van der Waals surface area contributed by atoms with Gasteiger partial charge in [0.15, 0.2) is 5.17 Å². The molecular formula is C9H16N4OS. The Kier molecular flexibility index (Phi) is 7.46. The van der Waals surface area contributed by atoms with Gasteiger partial charge in [-0.25, -0.2) is 0 Å². The van der Waals surface area contributed by atoms with Gasteiger partial charge in [-0.3, -0.25) is 4.79 Å². The highest BCUT2D eigenvalue weighted by atomic mass is 32.2. The van der Waals surface area contributed by atoms with Crippen molar-refractivity contribution in [3.63, 3.8) is 0 Å². The van der Waals surface area contributed by atoms with E-state index in [4.69, 9.17) is 5.26 Å². The largest absolute Gasteiger partial charge is 0.358 e. The molecule has 0 aromatic rings. The highest BCUT2D eigenvalue weighted by molar-refractivity contribution is 8.13. The van der Waals surface area contributed by atoms with E-state index in [2.05, 4.69) is 10.3 Å². The standard InChI is InChI=1S/C9H16N4OS/c1-4-5-13(6-8(14)11-2)9(15-3)12-7-10/h4-6H2,1-3H3,(H,11,14). The second kappa shape index (κ2) is 8.12. The molecule has 84 valence electrons. The van der Waals surface area contributed by atoms with Gasteiger partial charge in [-0.1, -0.05) is 18.7 Å². The van der Waals surface area contributed by atoms with Gasteiger partial charge in [0.25, 0.3) is 0 Å². The summed E-state index contributed by atoms with van der Waals surface area (Å²) in [5.74, 6) is -0.0804. The van der Waals surface area contributed by atoms with Gasteiger partial charge in [0.1, 0.15) is 0 Å². The van der Waals surface area contributed by atoms with Crippen LogP contribution in [-0.2, 0) is 4.79 Å². The van der Waals surface area contributed by atoms with Gasteiger partial charge >= 0.3 is 0 Å². The minimum Gasteiger partial charge on any atom is -0.358 e. The molecular weight excluding hydrogens is 212 g/mol. The van der Waals surface area contributed by atoms with Gasteiger partial charge in [-0.15, -0.1) is 4.99 Å².